The van der Waals surface area contributed by atoms with E-state index in [-0.39, 0.29) is 0 Å². The molecule has 0 aliphatic carbocycles. The lowest BCUT2D eigenvalue weighted by atomic mass is 10.2. The molecule has 0 fully saturated rings. The van der Waals surface area contributed by atoms with Crippen LogP contribution in [0.15, 0.2) is 35.3 Å². The lowest BCUT2D eigenvalue weighted by molar-refractivity contribution is 0.690. The third-order valence-electron chi connectivity index (χ3n) is 3.15. The summed E-state index contributed by atoms with van der Waals surface area (Å²) in [6.07, 6.45) is 7.46. The quantitative estimate of drug-likeness (QED) is 0.397. The first-order valence-corrected chi connectivity index (χ1v) is 7.72. The molecule has 0 saturated heterocycles. The molecule has 0 aliphatic rings. The van der Waals surface area contributed by atoms with E-state index in [4.69, 9.17) is 4.99 Å². The summed E-state index contributed by atoms with van der Waals surface area (Å²) in [6, 6.07) is 10.5. The molecule has 0 aromatic heterocycles. The molecule has 1 aromatic carbocycles. The topological polar surface area (TPSA) is 24.4 Å². The van der Waals surface area contributed by atoms with Gasteiger partial charge in [0.05, 0.1) is 0 Å². The summed E-state index contributed by atoms with van der Waals surface area (Å²) in [6.45, 7) is 6.41. The second kappa shape index (κ2) is 10.6. The molecule has 0 atom stereocenters. The fourth-order valence-electron chi connectivity index (χ4n) is 1.98. The molecule has 1 rings (SSSR count). The molecule has 0 heterocycles. The van der Waals surface area contributed by atoms with E-state index >= 15 is 0 Å². The molecule has 0 unspecified atom stereocenters. The van der Waals surface area contributed by atoms with Crippen LogP contribution in [0, 0.1) is 0 Å². The van der Waals surface area contributed by atoms with Crippen LogP contribution in [0.3, 0.4) is 0 Å². The summed E-state index contributed by atoms with van der Waals surface area (Å²) >= 11 is 0. The third kappa shape index (κ3) is 7.00. The van der Waals surface area contributed by atoms with Gasteiger partial charge in [0.2, 0.25) is 0 Å². The van der Waals surface area contributed by atoms with E-state index in [1.807, 2.05) is 0 Å². The fraction of sp³-hybridized carbons (Fsp3) is 0.588. The normalized spacial score (nSPS) is 11.6. The van der Waals surface area contributed by atoms with Gasteiger partial charge in [-0.05, 0) is 12.8 Å². The zero-order chi connectivity index (χ0) is 13.8. The summed E-state index contributed by atoms with van der Waals surface area (Å²) in [7, 11) is 0. The summed E-state index contributed by atoms with van der Waals surface area (Å²) < 4.78 is 0. The van der Waals surface area contributed by atoms with Crippen molar-refractivity contribution in [3.63, 3.8) is 0 Å². The van der Waals surface area contributed by atoms with Gasteiger partial charge >= 0.3 is 0 Å². The molecular weight excluding hydrogens is 232 g/mol. The van der Waals surface area contributed by atoms with Gasteiger partial charge < -0.3 is 5.32 Å². The number of aliphatic imine (C=N–C) groups is 1. The van der Waals surface area contributed by atoms with Gasteiger partial charge in [-0.3, -0.25) is 4.99 Å². The number of hydrogen-bond acceptors (Lipinski definition) is 1. The van der Waals surface area contributed by atoms with Crippen molar-refractivity contribution in [1.82, 2.24) is 5.32 Å². The number of hydrogen-bond donors (Lipinski definition) is 1. The summed E-state index contributed by atoms with van der Waals surface area (Å²) in [5.74, 6) is 1.06. The van der Waals surface area contributed by atoms with Crippen molar-refractivity contribution in [3.8, 4) is 0 Å². The van der Waals surface area contributed by atoms with Crippen molar-refractivity contribution in [1.29, 1.82) is 0 Å². The van der Waals surface area contributed by atoms with Gasteiger partial charge in [-0.1, -0.05) is 69.9 Å². The Morgan fingerprint density at radius 1 is 0.947 bits per heavy atom. The average molecular weight is 260 g/mol. The van der Waals surface area contributed by atoms with Gasteiger partial charge in [-0.25, -0.2) is 0 Å². The molecule has 0 bridgehead atoms. The molecule has 0 spiro atoms. The van der Waals surface area contributed by atoms with Gasteiger partial charge in [0.25, 0.3) is 0 Å². The van der Waals surface area contributed by atoms with E-state index in [0.717, 1.165) is 18.9 Å². The first-order valence-electron chi connectivity index (χ1n) is 7.72. The first-order chi connectivity index (χ1) is 9.38. The molecule has 0 radical (unpaired) electrons. The highest BCUT2D eigenvalue weighted by atomic mass is 15.0. The highest BCUT2D eigenvalue weighted by molar-refractivity contribution is 5.98. The van der Waals surface area contributed by atoms with E-state index in [9.17, 15) is 0 Å². The van der Waals surface area contributed by atoms with E-state index in [0.29, 0.717) is 0 Å². The first kappa shape index (κ1) is 15.7. The molecule has 2 heteroatoms. The van der Waals surface area contributed by atoms with Crippen LogP contribution in [0.4, 0.5) is 0 Å². The second-order valence-corrected chi connectivity index (χ2v) is 4.94. The lowest BCUT2D eigenvalue weighted by Crippen LogP contribution is -2.26. The fourth-order valence-corrected chi connectivity index (χ4v) is 1.98. The molecule has 1 N–H and O–H groups in total. The van der Waals surface area contributed by atoms with Crippen LogP contribution in [0.2, 0.25) is 0 Å². The molecule has 2 nitrogen and oxygen atoms in total. The Hall–Kier alpha value is -1.31. The molecule has 1 aromatic rings. The molecule has 0 saturated carbocycles. The van der Waals surface area contributed by atoms with Crippen LogP contribution in [0.5, 0.6) is 0 Å². The number of nitrogens with one attached hydrogen (secondary N) is 1. The maximum absolute atomic E-state index is 4.73. The molecule has 19 heavy (non-hydrogen) atoms. The zero-order valence-corrected chi connectivity index (χ0v) is 12.5. The van der Waals surface area contributed by atoms with Crippen LogP contribution < -0.4 is 5.32 Å². The van der Waals surface area contributed by atoms with Crippen molar-refractivity contribution < 1.29 is 0 Å². The van der Waals surface area contributed by atoms with Crippen LogP contribution >= 0.6 is 0 Å². The Morgan fingerprint density at radius 2 is 1.63 bits per heavy atom. The standard InChI is InChI=1S/C17H28N2/c1-3-5-10-14-18-17(19-15-11-6-4-2)16-12-8-7-9-13-16/h7-9,12-13H,3-6,10-11,14-15H2,1-2H3,(H,18,19). The van der Waals surface area contributed by atoms with Crippen LogP contribution in [-0.2, 0) is 0 Å². The second-order valence-electron chi connectivity index (χ2n) is 4.94. The minimum Gasteiger partial charge on any atom is -0.370 e. The van der Waals surface area contributed by atoms with E-state index in [2.05, 4.69) is 49.5 Å². The van der Waals surface area contributed by atoms with Gasteiger partial charge in [0, 0.05) is 18.7 Å². The lowest BCUT2D eigenvalue weighted by Gasteiger charge is -2.10. The molecule has 106 valence electrons. The van der Waals surface area contributed by atoms with Gasteiger partial charge in [0.15, 0.2) is 0 Å². The Labute approximate surface area is 118 Å². The minimum atomic E-state index is 0.929. The molecular formula is C17H28N2. The predicted molar refractivity (Wildman–Crippen MR) is 84.9 cm³/mol. The minimum absolute atomic E-state index is 0.929. The Morgan fingerprint density at radius 3 is 2.32 bits per heavy atom. The largest absolute Gasteiger partial charge is 0.370 e. The number of rotatable bonds is 9. The highest BCUT2D eigenvalue weighted by Crippen LogP contribution is 2.02. The Kier molecular flexibility index (Phi) is 8.78. The van der Waals surface area contributed by atoms with Crippen LogP contribution in [-0.4, -0.2) is 18.9 Å². The van der Waals surface area contributed by atoms with Gasteiger partial charge in [-0.2, -0.15) is 0 Å². The van der Waals surface area contributed by atoms with Crippen molar-refractivity contribution >= 4 is 5.84 Å². The van der Waals surface area contributed by atoms with Crippen molar-refractivity contribution in [2.75, 3.05) is 13.1 Å². The number of nitrogens with zero attached hydrogens (tertiary/aromatic N) is 1. The Bertz CT molecular complexity index is 344. The van der Waals surface area contributed by atoms with Crippen molar-refractivity contribution in [3.05, 3.63) is 35.9 Å². The zero-order valence-electron chi connectivity index (χ0n) is 12.5. The van der Waals surface area contributed by atoms with Crippen molar-refractivity contribution in [2.45, 2.75) is 52.4 Å². The smallest absolute Gasteiger partial charge is 0.128 e. The van der Waals surface area contributed by atoms with Crippen molar-refractivity contribution in [2.24, 2.45) is 4.99 Å². The average Bonchev–Trinajstić information content (AvgIpc) is 2.46. The number of unbranched alkanes of at least 4 members (excludes halogenated alkanes) is 4. The Balaban J connectivity index is 2.52. The maximum atomic E-state index is 4.73. The summed E-state index contributed by atoms with van der Waals surface area (Å²) in [4.78, 5) is 4.73. The summed E-state index contributed by atoms with van der Waals surface area (Å²) in [5, 5.41) is 3.50. The van der Waals surface area contributed by atoms with Gasteiger partial charge in [0.1, 0.15) is 5.84 Å². The summed E-state index contributed by atoms with van der Waals surface area (Å²) in [5.41, 5.74) is 1.20. The van der Waals surface area contributed by atoms with E-state index in [1.165, 1.54) is 44.1 Å². The number of amidine groups is 1. The van der Waals surface area contributed by atoms with E-state index in [1.54, 1.807) is 0 Å². The molecule has 0 aliphatic heterocycles. The maximum Gasteiger partial charge on any atom is 0.128 e. The number of benzene rings is 1. The van der Waals surface area contributed by atoms with Gasteiger partial charge in [-0.15, -0.1) is 0 Å². The highest BCUT2D eigenvalue weighted by Gasteiger charge is 2.01. The molecule has 0 amide bonds. The predicted octanol–water partition coefficient (Wildman–Crippen LogP) is 4.40. The van der Waals surface area contributed by atoms with Crippen LogP contribution in [0.25, 0.3) is 0 Å². The monoisotopic (exact) mass is 260 g/mol. The third-order valence-corrected chi connectivity index (χ3v) is 3.15. The van der Waals surface area contributed by atoms with E-state index < -0.39 is 0 Å². The van der Waals surface area contributed by atoms with Crippen LogP contribution in [0.1, 0.15) is 57.9 Å². The SMILES string of the molecule is CCCCC/N=C(/NCCCCC)c1ccccc1.